The molecule has 0 heterocycles. The third-order valence-electron chi connectivity index (χ3n) is 4.13. The zero-order valence-electron chi connectivity index (χ0n) is 10.6. The first kappa shape index (κ1) is 13.0. The molecule has 0 spiro atoms. The van der Waals surface area contributed by atoms with Gasteiger partial charge in [0.25, 0.3) is 0 Å². The number of hydrogen-bond donors (Lipinski definition) is 1. The molecule has 0 saturated heterocycles. The van der Waals surface area contributed by atoms with Crippen LogP contribution < -0.4 is 0 Å². The van der Waals surface area contributed by atoms with Crippen molar-refractivity contribution in [2.24, 2.45) is 5.41 Å². The lowest BCUT2D eigenvalue weighted by Crippen LogP contribution is -2.34. The van der Waals surface area contributed by atoms with Crippen molar-refractivity contribution in [2.45, 2.75) is 84.2 Å². The Bertz CT molecular complexity index is 159. The van der Waals surface area contributed by atoms with Gasteiger partial charge in [0.2, 0.25) is 0 Å². The van der Waals surface area contributed by atoms with Gasteiger partial charge in [0, 0.05) is 0 Å². The summed E-state index contributed by atoms with van der Waals surface area (Å²) in [6.07, 6.45) is 12.6. The standard InChI is InChI=1S/C14H28O/c1-3-4-5-7-10-13(15)14(2)11-8-6-9-12-14/h13,15H,3-12H2,1-2H3. The predicted molar refractivity (Wildman–Crippen MR) is 66.0 cm³/mol. The second-order valence-corrected chi connectivity index (χ2v) is 5.58. The molecular formula is C14H28O. The third-order valence-corrected chi connectivity index (χ3v) is 4.13. The molecule has 0 aromatic carbocycles. The quantitative estimate of drug-likeness (QED) is 0.651. The molecule has 1 fully saturated rings. The van der Waals surface area contributed by atoms with Gasteiger partial charge in [-0.3, -0.25) is 0 Å². The van der Waals surface area contributed by atoms with Gasteiger partial charge in [0.1, 0.15) is 0 Å². The second-order valence-electron chi connectivity index (χ2n) is 5.58. The Balaban J connectivity index is 2.22. The van der Waals surface area contributed by atoms with Crippen LogP contribution in [0.2, 0.25) is 0 Å². The largest absolute Gasteiger partial charge is 0.393 e. The lowest BCUT2D eigenvalue weighted by molar-refractivity contribution is 0.00269. The maximum atomic E-state index is 10.2. The summed E-state index contributed by atoms with van der Waals surface area (Å²) in [4.78, 5) is 0. The van der Waals surface area contributed by atoms with E-state index in [1.807, 2.05) is 0 Å². The molecule has 90 valence electrons. The average Bonchev–Trinajstić information content (AvgIpc) is 2.25. The highest BCUT2D eigenvalue weighted by Crippen LogP contribution is 2.40. The molecule has 1 N–H and O–H groups in total. The molecule has 1 rings (SSSR count). The summed E-state index contributed by atoms with van der Waals surface area (Å²) in [6.45, 7) is 4.52. The van der Waals surface area contributed by atoms with E-state index < -0.39 is 0 Å². The van der Waals surface area contributed by atoms with Gasteiger partial charge in [-0.25, -0.2) is 0 Å². The Morgan fingerprint density at radius 2 is 1.73 bits per heavy atom. The van der Waals surface area contributed by atoms with Gasteiger partial charge < -0.3 is 5.11 Å². The second kappa shape index (κ2) is 6.52. The fourth-order valence-electron chi connectivity index (χ4n) is 2.81. The van der Waals surface area contributed by atoms with E-state index in [0.29, 0.717) is 0 Å². The molecule has 1 atom stereocenters. The van der Waals surface area contributed by atoms with Gasteiger partial charge in [-0.15, -0.1) is 0 Å². The summed E-state index contributed by atoms with van der Waals surface area (Å²) in [5.74, 6) is 0. The monoisotopic (exact) mass is 212 g/mol. The SMILES string of the molecule is CCCCCCC(O)C1(C)CCCCC1. The first-order valence-corrected chi connectivity index (χ1v) is 6.87. The van der Waals surface area contributed by atoms with Gasteiger partial charge in [-0.05, 0) is 24.7 Å². The lowest BCUT2D eigenvalue weighted by Gasteiger charge is -2.38. The van der Waals surface area contributed by atoms with Crippen molar-refractivity contribution in [3.63, 3.8) is 0 Å². The Kier molecular flexibility index (Phi) is 5.66. The Labute approximate surface area is 95.3 Å². The molecule has 1 aliphatic rings. The van der Waals surface area contributed by atoms with Gasteiger partial charge in [0.05, 0.1) is 6.10 Å². The molecule has 1 heteroatoms. The maximum absolute atomic E-state index is 10.2. The van der Waals surface area contributed by atoms with Crippen LogP contribution in [-0.2, 0) is 0 Å². The topological polar surface area (TPSA) is 20.2 Å². The van der Waals surface area contributed by atoms with Crippen molar-refractivity contribution < 1.29 is 5.11 Å². The number of aliphatic hydroxyl groups is 1. The van der Waals surface area contributed by atoms with Crippen molar-refractivity contribution in [2.75, 3.05) is 0 Å². The number of rotatable bonds is 6. The van der Waals surface area contributed by atoms with Crippen LogP contribution in [0.25, 0.3) is 0 Å². The molecule has 0 amide bonds. The molecule has 1 aliphatic carbocycles. The van der Waals surface area contributed by atoms with E-state index in [0.717, 1.165) is 6.42 Å². The Morgan fingerprint density at radius 1 is 1.07 bits per heavy atom. The minimum Gasteiger partial charge on any atom is -0.393 e. The molecule has 0 aromatic heterocycles. The van der Waals surface area contributed by atoms with Gasteiger partial charge in [-0.2, -0.15) is 0 Å². The fourth-order valence-corrected chi connectivity index (χ4v) is 2.81. The normalized spacial score (nSPS) is 22.6. The molecule has 0 aliphatic heterocycles. The van der Waals surface area contributed by atoms with E-state index in [2.05, 4.69) is 13.8 Å². The summed E-state index contributed by atoms with van der Waals surface area (Å²) < 4.78 is 0. The minimum absolute atomic E-state index is 0.0466. The molecule has 1 unspecified atom stereocenters. The van der Waals surface area contributed by atoms with E-state index in [1.165, 1.54) is 57.8 Å². The van der Waals surface area contributed by atoms with Crippen molar-refractivity contribution in [1.82, 2.24) is 0 Å². The first-order valence-electron chi connectivity index (χ1n) is 6.87. The van der Waals surface area contributed by atoms with Crippen LogP contribution in [0.5, 0.6) is 0 Å². The van der Waals surface area contributed by atoms with E-state index in [-0.39, 0.29) is 11.5 Å². The lowest BCUT2D eigenvalue weighted by atomic mass is 9.70. The third kappa shape index (κ3) is 4.14. The summed E-state index contributed by atoms with van der Waals surface area (Å²) in [7, 11) is 0. The van der Waals surface area contributed by atoms with Crippen molar-refractivity contribution in [1.29, 1.82) is 0 Å². The van der Waals surface area contributed by atoms with Crippen LogP contribution in [0.4, 0.5) is 0 Å². The van der Waals surface area contributed by atoms with E-state index >= 15 is 0 Å². The van der Waals surface area contributed by atoms with E-state index in [4.69, 9.17) is 0 Å². The minimum atomic E-state index is -0.0466. The van der Waals surface area contributed by atoms with Crippen LogP contribution in [0.3, 0.4) is 0 Å². The number of hydrogen-bond acceptors (Lipinski definition) is 1. The van der Waals surface area contributed by atoms with Gasteiger partial charge in [0.15, 0.2) is 0 Å². The highest BCUT2D eigenvalue weighted by Gasteiger charge is 2.33. The van der Waals surface area contributed by atoms with Crippen molar-refractivity contribution >= 4 is 0 Å². The van der Waals surface area contributed by atoms with Crippen molar-refractivity contribution in [3.05, 3.63) is 0 Å². The average molecular weight is 212 g/mol. The molecule has 0 aromatic rings. The zero-order chi connectivity index (χ0) is 11.1. The Hall–Kier alpha value is -0.0400. The van der Waals surface area contributed by atoms with Gasteiger partial charge in [-0.1, -0.05) is 58.8 Å². The van der Waals surface area contributed by atoms with Gasteiger partial charge >= 0.3 is 0 Å². The molecule has 0 radical (unpaired) electrons. The molecule has 1 saturated carbocycles. The summed E-state index contributed by atoms with van der Waals surface area (Å²) in [5, 5.41) is 10.2. The fraction of sp³-hybridized carbons (Fsp3) is 1.00. The van der Waals surface area contributed by atoms with Crippen LogP contribution in [-0.4, -0.2) is 11.2 Å². The van der Waals surface area contributed by atoms with Crippen LogP contribution in [0.15, 0.2) is 0 Å². The highest BCUT2D eigenvalue weighted by molar-refractivity contribution is 4.85. The van der Waals surface area contributed by atoms with E-state index in [1.54, 1.807) is 0 Å². The Morgan fingerprint density at radius 3 is 2.33 bits per heavy atom. The molecule has 1 nitrogen and oxygen atoms in total. The number of aliphatic hydroxyl groups excluding tert-OH is 1. The molecular weight excluding hydrogens is 184 g/mol. The van der Waals surface area contributed by atoms with E-state index in [9.17, 15) is 5.11 Å². The number of unbranched alkanes of at least 4 members (excludes halogenated alkanes) is 3. The van der Waals surface area contributed by atoms with Crippen LogP contribution in [0.1, 0.15) is 78.1 Å². The highest BCUT2D eigenvalue weighted by atomic mass is 16.3. The predicted octanol–water partition coefficient (Wildman–Crippen LogP) is 4.29. The first-order chi connectivity index (χ1) is 7.19. The molecule has 0 bridgehead atoms. The summed E-state index contributed by atoms with van der Waals surface area (Å²) in [6, 6.07) is 0. The zero-order valence-corrected chi connectivity index (χ0v) is 10.6. The maximum Gasteiger partial charge on any atom is 0.0593 e. The smallest absolute Gasteiger partial charge is 0.0593 e. The van der Waals surface area contributed by atoms with Crippen LogP contribution in [0, 0.1) is 5.41 Å². The summed E-state index contributed by atoms with van der Waals surface area (Å²) in [5.41, 5.74) is 0.241. The van der Waals surface area contributed by atoms with Crippen LogP contribution >= 0.6 is 0 Å². The summed E-state index contributed by atoms with van der Waals surface area (Å²) >= 11 is 0. The molecule has 15 heavy (non-hydrogen) atoms. The van der Waals surface area contributed by atoms with Crippen molar-refractivity contribution in [3.8, 4) is 0 Å².